The summed E-state index contributed by atoms with van der Waals surface area (Å²) >= 11 is 0. The van der Waals surface area contributed by atoms with Crippen molar-refractivity contribution in [1.82, 2.24) is 24.4 Å². The van der Waals surface area contributed by atoms with E-state index in [1.54, 1.807) is 14.2 Å². The number of aromatic nitrogens is 4. The topological polar surface area (TPSA) is 120 Å². The first-order chi connectivity index (χ1) is 17.3. The second-order valence-corrected chi connectivity index (χ2v) is 9.25. The van der Waals surface area contributed by atoms with Gasteiger partial charge in [-0.3, -0.25) is 19.1 Å². The minimum absolute atomic E-state index is 0.108. The van der Waals surface area contributed by atoms with Crippen LogP contribution in [0.4, 0.5) is 0 Å². The van der Waals surface area contributed by atoms with Gasteiger partial charge in [-0.25, -0.2) is 9.78 Å². The molecule has 0 aliphatic rings. The number of aryl methyl sites for hydroxylation is 2. The molecular weight excluding hydrogens is 462 g/mol. The Morgan fingerprint density at radius 2 is 1.92 bits per heavy atom. The van der Waals surface area contributed by atoms with Gasteiger partial charge in [-0.15, -0.1) is 0 Å². The summed E-state index contributed by atoms with van der Waals surface area (Å²) in [4.78, 5) is 44.9. The van der Waals surface area contributed by atoms with Crippen LogP contribution in [-0.2, 0) is 30.7 Å². The molecule has 2 N–H and O–H groups in total. The Morgan fingerprint density at radius 3 is 2.58 bits per heavy atom. The lowest BCUT2D eigenvalue weighted by Crippen LogP contribution is -2.31. The highest BCUT2D eigenvalue weighted by Crippen LogP contribution is 2.24. The van der Waals surface area contributed by atoms with Crippen LogP contribution in [0.3, 0.4) is 0 Å². The van der Waals surface area contributed by atoms with Gasteiger partial charge in [0.2, 0.25) is 5.91 Å². The Kier molecular flexibility index (Phi) is 9.32. The van der Waals surface area contributed by atoms with Crippen molar-refractivity contribution in [2.75, 3.05) is 20.8 Å². The number of amides is 1. The van der Waals surface area contributed by atoms with Gasteiger partial charge in [0.05, 0.1) is 14.2 Å². The number of hydrogen-bond acceptors (Lipinski definition) is 6. The Morgan fingerprint density at radius 1 is 1.14 bits per heavy atom. The van der Waals surface area contributed by atoms with Gasteiger partial charge in [-0.05, 0) is 30.4 Å². The molecule has 0 saturated carbocycles. The highest BCUT2D eigenvalue weighted by molar-refractivity contribution is 5.76. The molecule has 196 valence electrons. The number of ether oxygens (including phenoxy) is 2. The monoisotopic (exact) mass is 499 g/mol. The largest absolute Gasteiger partial charge is 0.497 e. The average Bonchev–Trinajstić information content (AvgIpc) is 3.20. The minimum Gasteiger partial charge on any atom is -0.497 e. The lowest BCUT2D eigenvalue weighted by atomic mass is 10.1. The van der Waals surface area contributed by atoms with Crippen LogP contribution in [-0.4, -0.2) is 45.8 Å². The lowest BCUT2D eigenvalue weighted by Gasteiger charge is -2.12. The van der Waals surface area contributed by atoms with Gasteiger partial charge in [0, 0.05) is 38.5 Å². The van der Waals surface area contributed by atoms with E-state index in [1.807, 2.05) is 29.7 Å². The van der Waals surface area contributed by atoms with E-state index in [0.717, 1.165) is 18.4 Å². The molecule has 10 nitrogen and oxygen atoms in total. The van der Waals surface area contributed by atoms with Crippen LogP contribution in [0, 0.1) is 5.92 Å². The third-order valence-corrected chi connectivity index (χ3v) is 6.03. The molecule has 0 aliphatic heterocycles. The van der Waals surface area contributed by atoms with E-state index in [-0.39, 0.29) is 18.2 Å². The summed E-state index contributed by atoms with van der Waals surface area (Å²) in [6.45, 7) is 7.66. The van der Waals surface area contributed by atoms with E-state index >= 15 is 0 Å². The first-order valence-corrected chi connectivity index (χ1v) is 12.5. The molecule has 0 bridgehead atoms. The van der Waals surface area contributed by atoms with E-state index in [0.29, 0.717) is 61.0 Å². The molecule has 3 aromatic rings. The molecule has 0 radical (unpaired) electrons. The van der Waals surface area contributed by atoms with Gasteiger partial charge < -0.3 is 19.4 Å². The first-order valence-electron chi connectivity index (χ1n) is 12.5. The fourth-order valence-electron chi connectivity index (χ4n) is 4.20. The number of hydrogen-bond donors (Lipinski definition) is 2. The molecule has 0 spiro atoms. The van der Waals surface area contributed by atoms with Crippen molar-refractivity contribution in [2.45, 2.75) is 66.0 Å². The number of fused-ring (bicyclic) bond motifs is 1. The van der Waals surface area contributed by atoms with Gasteiger partial charge in [-0.2, -0.15) is 0 Å². The summed E-state index contributed by atoms with van der Waals surface area (Å²) < 4.78 is 14.0. The third-order valence-electron chi connectivity index (χ3n) is 6.03. The summed E-state index contributed by atoms with van der Waals surface area (Å²) in [5.74, 6) is 2.20. The molecule has 2 aromatic heterocycles. The molecule has 0 atom stereocenters. The smallest absolute Gasteiger partial charge is 0.330 e. The Balaban J connectivity index is 1.74. The van der Waals surface area contributed by atoms with Gasteiger partial charge in [0.25, 0.3) is 5.56 Å². The normalized spacial score (nSPS) is 11.3. The number of aromatic amines is 1. The summed E-state index contributed by atoms with van der Waals surface area (Å²) in [5, 5.41) is 2.95. The maximum atomic E-state index is 12.7. The second kappa shape index (κ2) is 12.4. The Hall–Kier alpha value is -3.56. The van der Waals surface area contributed by atoms with Gasteiger partial charge >= 0.3 is 5.69 Å². The van der Waals surface area contributed by atoms with Crippen molar-refractivity contribution in [3.63, 3.8) is 0 Å². The molecule has 0 aliphatic carbocycles. The predicted octanol–water partition coefficient (Wildman–Crippen LogP) is 2.65. The van der Waals surface area contributed by atoms with Crippen LogP contribution in [0.2, 0.25) is 0 Å². The molecular formula is C26H37N5O5. The molecule has 0 unspecified atom stereocenters. The highest BCUT2D eigenvalue weighted by atomic mass is 16.5. The zero-order valence-corrected chi connectivity index (χ0v) is 21.8. The van der Waals surface area contributed by atoms with Crippen LogP contribution in [0.1, 0.15) is 51.4 Å². The Labute approximate surface area is 210 Å². The number of carbonyl (C=O) groups is 1. The van der Waals surface area contributed by atoms with Crippen LogP contribution >= 0.6 is 0 Å². The zero-order chi connectivity index (χ0) is 26.2. The van der Waals surface area contributed by atoms with Crippen molar-refractivity contribution in [3.05, 3.63) is 50.4 Å². The predicted molar refractivity (Wildman–Crippen MR) is 139 cm³/mol. The molecule has 0 saturated heterocycles. The fraction of sp³-hybridized carbons (Fsp3) is 0.538. The summed E-state index contributed by atoms with van der Waals surface area (Å²) in [7, 11) is 3.21. The number of methoxy groups -OCH3 is 2. The fourth-order valence-corrected chi connectivity index (χ4v) is 4.20. The van der Waals surface area contributed by atoms with E-state index in [9.17, 15) is 14.4 Å². The van der Waals surface area contributed by atoms with Crippen LogP contribution in [0.25, 0.3) is 11.2 Å². The highest BCUT2D eigenvalue weighted by Gasteiger charge is 2.19. The minimum atomic E-state index is -0.451. The number of nitrogens with zero attached hydrogens (tertiary/aromatic N) is 3. The van der Waals surface area contributed by atoms with E-state index in [1.165, 1.54) is 4.57 Å². The Bertz CT molecular complexity index is 1300. The number of H-pyrrole nitrogens is 1. The molecule has 10 heteroatoms. The van der Waals surface area contributed by atoms with E-state index < -0.39 is 11.2 Å². The number of benzene rings is 1. The number of carbonyl (C=O) groups excluding carboxylic acids is 1. The average molecular weight is 500 g/mol. The molecule has 0 fully saturated rings. The maximum absolute atomic E-state index is 12.7. The second-order valence-electron chi connectivity index (χ2n) is 9.25. The third kappa shape index (κ3) is 6.35. The molecule has 1 amide bonds. The van der Waals surface area contributed by atoms with Crippen LogP contribution < -0.4 is 26.0 Å². The van der Waals surface area contributed by atoms with Gasteiger partial charge in [-0.1, -0.05) is 33.3 Å². The summed E-state index contributed by atoms with van der Waals surface area (Å²) in [6, 6.07) is 5.60. The number of imidazole rings is 1. The van der Waals surface area contributed by atoms with Gasteiger partial charge in [0.1, 0.15) is 17.3 Å². The summed E-state index contributed by atoms with van der Waals surface area (Å²) in [6.07, 6.45) is 2.91. The van der Waals surface area contributed by atoms with Crippen molar-refractivity contribution >= 4 is 17.1 Å². The number of unbranched alkanes of at least 4 members (excludes halogenated alkanes) is 1. The standard InChI is InChI=1S/C26H37N5O5/c1-6-7-14-30-24-23(25(33)29-26(30)34)31(16-17(2)3)21(28-24)10-11-22(32)27-13-12-18-8-9-19(35-4)15-20(18)36-5/h8-9,15,17H,6-7,10-14,16H2,1-5H3,(H,27,32)(H,29,33,34). The van der Waals surface area contributed by atoms with Crippen molar-refractivity contribution in [1.29, 1.82) is 0 Å². The molecule has 1 aromatic carbocycles. The summed E-state index contributed by atoms with van der Waals surface area (Å²) in [5.41, 5.74) is 0.858. The number of rotatable bonds is 13. The lowest BCUT2D eigenvalue weighted by molar-refractivity contribution is -0.121. The van der Waals surface area contributed by atoms with Gasteiger partial charge in [0.15, 0.2) is 11.2 Å². The quantitative estimate of drug-likeness (QED) is 0.373. The zero-order valence-electron chi connectivity index (χ0n) is 21.8. The maximum Gasteiger partial charge on any atom is 0.330 e. The molecule has 2 heterocycles. The SMILES string of the molecule is CCCCn1c(=O)[nH]c(=O)c2c1nc(CCC(=O)NCCc1ccc(OC)cc1OC)n2CC(C)C. The molecule has 36 heavy (non-hydrogen) atoms. The van der Waals surface area contributed by atoms with E-state index in [4.69, 9.17) is 9.47 Å². The van der Waals surface area contributed by atoms with Crippen molar-refractivity contribution in [3.8, 4) is 11.5 Å². The van der Waals surface area contributed by atoms with Crippen molar-refractivity contribution < 1.29 is 14.3 Å². The van der Waals surface area contributed by atoms with Crippen molar-refractivity contribution in [2.24, 2.45) is 5.92 Å². The van der Waals surface area contributed by atoms with Crippen LogP contribution in [0.5, 0.6) is 11.5 Å². The number of nitrogens with one attached hydrogen (secondary N) is 2. The van der Waals surface area contributed by atoms with Crippen LogP contribution in [0.15, 0.2) is 27.8 Å². The molecule has 3 rings (SSSR count). The van der Waals surface area contributed by atoms with E-state index in [2.05, 4.69) is 29.1 Å². The first kappa shape index (κ1) is 27.0.